The Morgan fingerprint density at radius 1 is 0.923 bits per heavy atom. The van der Waals surface area contributed by atoms with E-state index < -0.39 is 16.9 Å². The molecule has 0 aliphatic rings. The molecule has 1 aromatic heterocycles. The number of anilines is 2. The molecular weight excluding hydrogens is 435 g/mol. The summed E-state index contributed by atoms with van der Waals surface area (Å²) in [5, 5.41) is 3.71. The maximum absolute atomic E-state index is 12.6. The van der Waals surface area contributed by atoms with Crippen LogP contribution in [-0.4, -0.2) is 10.1 Å². The fourth-order valence-electron chi connectivity index (χ4n) is 2.07. The molecule has 2 aromatic carbocycles. The number of carbonyl (C=O) groups is 1. The van der Waals surface area contributed by atoms with Crippen LogP contribution in [0, 0.1) is 0 Å². The van der Waals surface area contributed by atoms with Crippen LogP contribution in [0.1, 0.15) is 10.4 Å². The maximum atomic E-state index is 12.6. The Labute approximate surface area is 171 Å². The lowest BCUT2D eigenvalue weighted by Crippen LogP contribution is -2.15. The Morgan fingerprint density at radius 2 is 1.62 bits per heavy atom. The van der Waals surface area contributed by atoms with Crippen molar-refractivity contribution in [2.75, 3.05) is 10.0 Å². The number of nitrogens with one attached hydrogen (secondary N) is 2. The molecule has 0 fully saturated rings. The van der Waals surface area contributed by atoms with Crippen molar-refractivity contribution in [3.05, 3.63) is 74.5 Å². The maximum Gasteiger partial charge on any atom is 0.257 e. The topological polar surface area (TPSA) is 58.2 Å². The summed E-state index contributed by atoms with van der Waals surface area (Å²) in [6.45, 7) is 0. The first-order valence-electron chi connectivity index (χ1n) is 7.22. The van der Waals surface area contributed by atoms with Crippen molar-refractivity contribution in [3.8, 4) is 0 Å². The van der Waals surface area contributed by atoms with Gasteiger partial charge in [0.25, 0.3) is 5.91 Å². The van der Waals surface area contributed by atoms with Gasteiger partial charge in [0.05, 0.1) is 15.6 Å². The highest BCUT2D eigenvalue weighted by atomic mass is 35.5. The second-order valence-corrected chi connectivity index (χ2v) is 9.11. The van der Waals surface area contributed by atoms with Crippen LogP contribution in [0.4, 0.5) is 11.4 Å². The van der Waals surface area contributed by atoms with E-state index in [4.69, 9.17) is 34.8 Å². The van der Waals surface area contributed by atoms with Gasteiger partial charge in [-0.3, -0.25) is 9.52 Å². The molecule has 3 rings (SSSR count). The number of benzene rings is 2. The molecule has 1 unspecified atom stereocenters. The molecule has 1 amide bonds. The molecule has 9 heteroatoms. The minimum absolute atomic E-state index is 0.267. The Bertz CT molecular complexity index is 974. The normalized spacial score (nSPS) is 11.8. The zero-order valence-electron chi connectivity index (χ0n) is 13.0. The second-order valence-electron chi connectivity index (χ2n) is 5.08. The molecule has 1 atom stereocenters. The van der Waals surface area contributed by atoms with E-state index in [1.807, 2.05) is 0 Å². The molecule has 0 saturated carbocycles. The summed E-state index contributed by atoms with van der Waals surface area (Å²) < 4.78 is 16.4. The van der Waals surface area contributed by atoms with Crippen LogP contribution in [0.15, 0.2) is 58.8 Å². The van der Waals surface area contributed by atoms with Crippen molar-refractivity contribution in [2.45, 2.75) is 4.21 Å². The van der Waals surface area contributed by atoms with Gasteiger partial charge < -0.3 is 5.32 Å². The van der Waals surface area contributed by atoms with Gasteiger partial charge in [0, 0.05) is 15.7 Å². The van der Waals surface area contributed by atoms with Crippen LogP contribution in [-0.2, 0) is 11.0 Å². The molecule has 1 heterocycles. The predicted molar refractivity (Wildman–Crippen MR) is 110 cm³/mol. The van der Waals surface area contributed by atoms with Gasteiger partial charge in [0.2, 0.25) is 0 Å². The second kappa shape index (κ2) is 8.41. The summed E-state index contributed by atoms with van der Waals surface area (Å²) >= 11 is 18.9. The van der Waals surface area contributed by atoms with E-state index in [0.29, 0.717) is 30.0 Å². The molecule has 0 aliphatic carbocycles. The van der Waals surface area contributed by atoms with Crippen LogP contribution in [0.2, 0.25) is 14.4 Å². The molecule has 26 heavy (non-hydrogen) atoms. The highest BCUT2D eigenvalue weighted by Gasteiger charge is 2.16. The standard InChI is InChI=1S/C17H11Cl3N2O2S2/c18-10-1-4-12(5-2-10)21-17(23)13-9-11(19)3-6-14(13)22-26(24)16-8-7-15(20)25-16/h1-9,22H,(H,21,23). The number of thiophene rings is 1. The monoisotopic (exact) mass is 444 g/mol. The number of hydrogen-bond acceptors (Lipinski definition) is 3. The van der Waals surface area contributed by atoms with Gasteiger partial charge in [-0.05, 0) is 54.6 Å². The van der Waals surface area contributed by atoms with E-state index in [-0.39, 0.29) is 5.56 Å². The summed E-state index contributed by atoms with van der Waals surface area (Å²) in [5.74, 6) is -0.390. The largest absolute Gasteiger partial charge is 0.322 e. The molecule has 4 nitrogen and oxygen atoms in total. The summed E-state index contributed by atoms with van der Waals surface area (Å²) in [6, 6.07) is 14.8. The van der Waals surface area contributed by atoms with Crippen molar-refractivity contribution < 1.29 is 9.00 Å². The number of halogens is 3. The molecule has 0 spiro atoms. The zero-order chi connectivity index (χ0) is 18.7. The minimum Gasteiger partial charge on any atom is -0.322 e. The third-order valence-corrected chi connectivity index (χ3v) is 6.39. The van der Waals surface area contributed by atoms with Crippen LogP contribution in [0.25, 0.3) is 0 Å². The average Bonchev–Trinajstić information content (AvgIpc) is 3.05. The van der Waals surface area contributed by atoms with Gasteiger partial charge in [-0.2, -0.15) is 0 Å². The molecule has 0 saturated heterocycles. The molecular formula is C17H11Cl3N2O2S2. The van der Waals surface area contributed by atoms with E-state index >= 15 is 0 Å². The van der Waals surface area contributed by atoms with Gasteiger partial charge in [-0.15, -0.1) is 11.3 Å². The Hall–Kier alpha value is -1.57. The Morgan fingerprint density at radius 3 is 2.27 bits per heavy atom. The Kier molecular flexibility index (Phi) is 6.21. The number of carbonyl (C=O) groups excluding carboxylic acids is 1. The molecule has 0 bridgehead atoms. The predicted octanol–water partition coefficient (Wildman–Crippen LogP) is 6.10. The van der Waals surface area contributed by atoms with Gasteiger partial charge in [0.15, 0.2) is 11.0 Å². The van der Waals surface area contributed by atoms with Gasteiger partial charge in [0.1, 0.15) is 4.21 Å². The van der Waals surface area contributed by atoms with Crippen molar-refractivity contribution >= 4 is 74.4 Å². The third-order valence-electron chi connectivity index (χ3n) is 3.26. The smallest absolute Gasteiger partial charge is 0.257 e. The average molecular weight is 446 g/mol. The molecule has 134 valence electrons. The molecule has 0 aliphatic heterocycles. The van der Waals surface area contributed by atoms with Crippen molar-refractivity contribution in [2.24, 2.45) is 0 Å². The third kappa shape index (κ3) is 4.78. The summed E-state index contributed by atoms with van der Waals surface area (Å²) in [6.07, 6.45) is 0. The van der Waals surface area contributed by atoms with Crippen LogP contribution in [0.5, 0.6) is 0 Å². The summed E-state index contributed by atoms with van der Waals surface area (Å²) in [5.41, 5.74) is 1.24. The van der Waals surface area contributed by atoms with Gasteiger partial charge >= 0.3 is 0 Å². The van der Waals surface area contributed by atoms with Gasteiger partial charge in [-0.1, -0.05) is 34.8 Å². The highest BCUT2D eigenvalue weighted by Crippen LogP contribution is 2.28. The quantitative estimate of drug-likeness (QED) is 0.499. The fourth-order valence-corrected chi connectivity index (χ4v) is 4.65. The van der Waals surface area contributed by atoms with Crippen LogP contribution in [0.3, 0.4) is 0 Å². The highest BCUT2D eigenvalue weighted by molar-refractivity contribution is 7.88. The summed E-state index contributed by atoms with van der Waals surface area (Å²) in [7, 11) is -1.55. The number of hydrogen-bond donors (Lipinski definition) is 2. The lowest BCUT2D eigenvalue weighted by Gasteiger charge is -2.12. The van der Waals surface area contributed by atoms with E-state index in [2.05, 4.69) is 10.0 Å². The summed E-state index contributed by atoms with van der Waals surface area (Å²) in [4.78, 5) is 12.6. The van der Waals surface area contributed by atoms with Crippen LogP contribution >= 0.6 is 46.1 Å². The molecule has 3 aromatic rings. The van der Waals surface area contributed by atoms with Gasteiger partial charge in [-0.25, -0.2) is 4.21 Å². The van der Waals surface area contributed by atoms with Crippen LogP contribution < -0.4 is 10.0 Å². The van der Waals surface area contributed by atoms with Crippen molar-refractivity contribution in [3.63, 3.8) is 0 Å². The van der Waals surface area contributed by atoms with E-state index in [1.54, 1.807) is 48.5 Å². The first-order chi connectivity index (χ1) is 12.4. The zero-order valence-corrected chi connectivity index (χ0v) is 16.9. The van der Waals surface area contributed by atoms with E-state index in [1.165, 1.54) is 17.4 Å². The van der Waals surface area contributed by atoms with Crippen molar-refractivity contribution in [1.29, 1.82) is 0 Å². The number of rotatable bonds is 5. The fraction of sp³-hybridized carbons (Fsp3) is 0. The SMILES string of the molecule is O=C(Nc1ccc(Cl)cc1)c1cc(Cl)ccc1NS(=O)c1ccc(Cl)s1. The first-order valence-corrected chi connectivity index (χ1v) is 10.3. The minimum atomic E-state index is -1.55. The number of amides is 1. The first kappa shape index (κ1) is 19.2. The lowest BCUT2D eigenvalue weighted by atomic mass is 10.1. The van der Waals surface area contributed by atoms with Crippen molar-refractivity contribution in [1.82, 2.24) is 0 Å². The lowest BCUT2D eigenvalue weighted by molar-refractivity contribution is 0.102. The molecule has 2 N–H and O–H groups in total. The Balaban J connectivity index is 1.84. The molecule has 0 radical (unpaired) electrons. The van der Waals surface area contributed by atoms with E-state index in [9.17, 15) is 9.00 Å². The van der Waals surface area contributed by atoms with E-state index in [0.717, 1.165) is 0 Å².